The Balaban J connectivity index is 1.44. The highest BCUT2D eigenvalue weighted by Crippen LogP contribution is 2.30. The summed E-state index contributed by atoms with van der Waals surface area (Å²) in [6, 6.07) is 10.7. The van der Waals surface area contributed by atoms with E-state index in [-0.39, 0.29) is 29.4 Å². The third-order valence-electron chi connectivity index (χ3n) is 5.22. The maximum absolute atomic E-state index is 12.5. The van der Waals surface area contributed by atoms with Crippen LogP contribution >= 0.6 is 0 Å². The summed E-state index contributed by atoms with van der Waals surface area (Å²) in [6.07, 6.45) is 6.25. The van der Waals surface area contributed by atoms with Crippen LogP contribution in [0.5, 0.6) is 0 Å². The molecule has 0 atom stereocenters. The Bertz CT molecular complexity index is 826. The molecule has 0 radical (unpaired) electrons. The van der Waals surface area contributed by atoms with Crippen molar-refractivity contribution in [3.63, 3.8) is 0 Å². The van der Waals surface area contributed by atoms with Gasteiger partial charge in [-0.2, -0.15) is 0 Å². The van der Waals surface area contributed by atoms with E-state index >= 15 is 0 Å². The van der Waals surface area contributed by atoms with E-state index in [1.807, 2.05) is 12.1 Å². The molecule has 1 heterocycles. The number of nitrogens with one attached hydrogen (secondary N) is 2. The fourth-order valence-electron chi connectivity index (χ4n) is 3.49. The van der Waals surface area contributed by atoms with Gasteiger partial charge >= 0.3 is 0 Å². The number of carbonyl (C=O) groups excluding carboxylic acids is 3. The average molecular weight is 379 g/mol. The first kappa shape index (κ1) is 19.7. The van der Waals surface area contributed by atoms with Crippen LogP contribution < -0.4 is 10.6 Å². The number of amides is 2. The highest BCUT2D eigenvalue weighted by molar-refractivity contribution is 5.96. The average Bonchev–Trinajstić information content (AvgIpc) is 2.73. The summed E-state index contributed by atoms with van der Waals surface area (Å²) in [5.74, 6) is -0.115. The molecule has 6 heteroatoms. The fraction of sp³-hybridized carbons (Fsp3) is 0.364. The highest BCUT2D eigenvalue weighted by Gasteiger charge is 2.29. The molecule has 0 spiro atoms. The quantitative estimate of drug-likeness (QED) is 0.754. The van der Waals surface area contributed by atoms with Crippen LogP contribution in [0, 0.1) is 11.8 Å². The maximum Gasteiger partial charge on any atom is 0.227 e. The van der Waals surface area contributed by atoms with Crippen molar-refractivity contribution in [1.29, 1.82) is 0 Å². The Morgan fingerprint density at radius 1 is 0.964 bits per heavy atom. The van der Waals surface area contributed by atoms with E-state index in [0.717, 1.165) is 5.56 Å². The second-order valence-electron chi connectivity index (χ2n) is 7.25. The first-order valence-corrected chi connectivity index (χ1v) is 9.61. The number of Topliss-reactive ketones (excluding diaryl/α,β-unsaturated/α-hetero) is 1. The molecular formula is C22H25N3O3. The van der Waals surface area contributed by atoms with Crippen molar-refractivity contribution in [2.75, 3.05) is 5.32 Å². The van der Waals surface area contributed by atoms with Crippen molar-refractivity contribution >= 4 is 23.3 Å². The Morgan fingerprint density at radius 3 is 2.18 bits per heavy atom. The van der Waals surface area contributed by atoms with Crippen molar-refractivity contribution in [2.45, 2.75) is 39.2 Å². The molecule has 0 unspecified atom stereocenters. The Morgan fingerprint density at radius 2 is 1.61 bits per heavy atom. The van der Waals surface area contributed by atoms with Gasteiger partial charge in [-0.1, -0.05) is 6.07 Å². The van der Waals surface area contributed by atoms with Crippen molar-refractivity contribution in [3.05, 3.63) is 59.9 Å². The van der Waals surface area contributed by atoms with Crippen molar-refractivity contribution in [3.8, 4) is 0 Å². The van der Waals surface area contributed by atoms with Crippen molar-refractivity contribution in [1.82, 2.24) is 10.3 Å². The lowest BCUT2D eigenvalue weighted by Crippen LogP contribution is -2.35. The molecule has 1 aliphatic rings. The summed E-state index contributed by atoms with van der Waals surface area (Å²) in [5, 5.41) is 5.87. The first-order valence-electron chi connectivity index (χ1n) is 9.61. The zero-order valence-electron chi connectivity index (χ0n) is 16.0. The predicted octanol–water partition coefficient (Wildman–Crippen LogP) is 3.35. The number of ketones is 1. The van der Waals surface area contributed by atoms with Gasteiger partial charge in [-0.05, 0) is 68.5 Å². The molecule has 3 rings (SSSR count). The third-order valence-corrected chi connectivity index (χ3v) is 5.22. The van der Waals surface area contributed by atoms with Gasteiger partial charge in [0.05, 0.1) is 0 Å². The number of rotatable bonds is 6. The summed E-state index contributed by atoms with van der Waals surface area (Å²) in [4.78, 5) is 40.2. The van der Waals surface area contributed by atoms with Gasteiger partial charge in [-0.3, -0.25) is 19.4 Å². The van der Waals surface area contributed by atoms with Crippen molar-refractivity contribution < 1.29 is 14.4 Å². The van der Waals surface area contributed by atoms with Crippen LogP contribution in [0.1, 0.15) is 48.5 Å². The molecule has 6 nitrogen and oxygen atoms in total. The van der Waals surface area contributed by atoms with Crippen LogP contribution in [-0.2, 0) is 16.1 Å². The van der Waals surface area contributed by atoms with Crippen LogP contribution in [0.3, 0.4) is 0 Å². The monoisotopic (exact) mass is 379 g/mol. The number of anilines is 1. The zero-order chi connectivity index (χ0) is 19.9. The Hall–Kier alpha value is -3.02. The minimum absolute atomic E-state index is 0.00185. The summed E-state index contributed by atoms with van der Waals surface area (Å²) < 4.78 is 0. The topological polar surface area (TPSA) is 88.2 Å². The van der Waals surface area contributed by atoms with Crippen LogP contribution in [0.25, 0.3) is 0 Å². The number of aromatic nitrogens is 1. The number of hydrogen-bond acceptors (Lipinski definition) is 4. The van der Waals surface area contributed by atoms with Gasteiger partial charge in [0.25, 0.3) is 0 Å². The van der Waals surface area contributed by atoms with Gasteiger partial charge in [0.2, 0.25) is 11.8 Å². The predicted molar refractivity (Wildman–Crippen MR) is 107 cm³/mol. The lowest BCUT2D eigenvalue weighted by Gasteiger charge is -2.27. The molecule has 28 heavy (non-hydrogen) atoms. The van der Waals surface area contributed by atoms with E-state index in [1.165, 1.54) is 6.92 Å². The van der Waals surface area contributed by atoms with E-state index in [9.17, 15) is 14.4 Å². The van der Waals surface area contributed by atoms with Gasteiger partial charge in [0.15, 0.2) is 5.78 Å². The standard InChI is InChI=1S/C22H25N3O3/c1-15(26)17-8-10-20(11-9-17)25-22(28)19-6-4-18(5-7-19)21(27)24-14-16-3-2-12-23-13-16/h2-3,8-13,18-19H,4-7,14H2,1H3,(H,24,27)(H,25,28). The van der Waals surface area contributed by atoms with Crippen molar-refractivity contribution in [2.24, 2.45) is 11.8 Å². The summed E-state index contributed by atoms with van der Waals surface area (Å²) in [5.41, 5.74) is 2.28. The molecule has 1 fully saturated rings. The lowest BCUT2D eigenvalue weighted by atomic mass is 9.81. The SMILES string of the molecule is CC(=O)c1ccc(NC(=O)C2CCC(C(=O)NCc3cccnc3)CC2)cc1. The lowest BCUT2D eigenvalue weighted by molar-refractivity contribution is -0.128. The van der Waals surface area contributed by atoms with Gasteiger partial charge in [0.1, 0.15) is 0 Å². The van der Waals surface area contributed by atoms with Gasteiger partial charge in [0, 0.05) is 42.0 Å². The smallest absolute Gasteiger partial charge is 0.227 e. The number of hydrogen-bond donors (Lipinski definition) is 2. The van der Waals surface area contributed by atoms with Crippen LogP contribution in [0.15, 0.2) is 48.8 Å². The minimum atomic E-state index is -0.0881. The summed E-state index contributed by atoms with van der Waals surface area (Å²) >= 11 is 0. The molecule has 2 N–H and O–H groups in total. The molecule has 1 aliphatic carbocycles. The first-order chi connectivity index (χ1) is 13.5. The molecule has 0 bridgehead atoms. The summed E-state index contributed by atoms with van der Waals surface area (Å²) in [6.45, 7) is 1.99. The van der Waals surface area contributed by atoms with E-state index in [1.54, 1.807) is 36.7 Å². The van der Waals surface area contributed by atoms with E-state index in [2.05, 4.69) is 15.6 Å². The summed E-state index contributed by atoms with van der Waals surface area (Å²) in [7, 11) is 0. The van der Waals surface area contributed by atoms with E-state index in [4.69, 9.17) is 0 Å². The zero-order valence-corrected chi connectivity index (χ0v) is 16.0. The number of nitrogens with zero attached hydrogens (tertiary/aromatic N) is 1. The molecule has 1 aromatic carbocycles. The molecule has 0 saturated heterocycles. The molecular weight excluding hydrogens is 354 g/mol. The van der Waals surface area contributed by atoms with Gasteiger partial charge in [-0.15, -0.1) is 0 Å². The Kier molecular flexibility index (Phi) is 6.53. The molecule has 2 aromatic rings. The highest BCUT2D eigenvalue weighted by atomic mass is 16.2. The molecule has 1 saturated carbocycles. The Labute approximate surface area is 164 Å². The molecule has 0 aliphatic heterocycles. The number of benzene rings is 1. The largest absolute Gasteiger partial charge is 0.352 e. The van der Waals surface area contributed by atoms with Gasteiger partial charge < -0.3 is 10.6 Å². The minimum Gasteiger partial charge on any atom is -0.352 e. The number of pyridine rings is 1. The van der Waals surface area contributed by atoms with Crippen LogP contribution in [0.2, 0.25) is 0 Å². The fourth-order valence-corrected chi connectivity index (χ4v) is 3.49. The second kappa shape index (κ2) is 9.26. The van der Waals surface area contributed by atoms with E-state index in [0.29, 0.717) is 43.5 Å². The molecule has 146 valence electrons. The molecule has 2 amide bonds. The third kappa shape index (κ3) is 5.25. The second-order valence-corrected chi connectivity index (χ2v) is 7.25. The van der Waals surface area contributed by atoms with Gasteiger partial charge in [-0.25, -0.2) is 0 Å². The normalized spacial score (nSPS) is 18.9. The van der Waals surface area contributed by atoms with Crippen LogP contribution in [0.4, 0.5) is 5.69 Å². The number of carbonyl (C=O) groups is 3. The molecule has 1 aromatic heterocycles. The van der Waals surface area contributed by atoms with E-state index < -0.39 is 0 Å². The maximum atomic E-state index is 12.5. The van der Waals surface area contributed by atoms with Crippen LogP contribution in [-0.4, -0.2) is 22.6 Å².